The SMILES string of the molecule is CCCCCCc1cc2c3c(c1)N(c1c(-c4ccc(-c5ccccc5)cc4)cc(C(C)(C)C)cc1-c1ccc(-c4ccccc4)cc1)c1cc(Cl)ccc1B3c1ccc(Cl)cc1N2c1c(-c2ccc(-c3ccccc3)cc2)cc(C(C)(C)C)cc1-c1ccc(-c2ccccc2)cc1. The third-order valence-corrected chi connectivity index (χ3v) is 20.5. The van der Waals surface area contributed by atoms with Crippen LogP contribution < -0.4 is 26.2 Å². The summed E-state index contributed by atoms with van der Waals surface area (Å²) in [5, 5.41) is 1.35. The van der Waals surface area contributed by atoms with Gasteiger partial charge in [0.25, 0.3) is 6.71 Å². The molecule has 0 amide bonds. The van der Waals surface area contributed by atoms with Crippen molar-refractivity contribution < 1.29 is 0 Å². The second-order valence-electron chi connectivity index (χ2n) is 28.5. The highest BCUT2D eigenvalue weighted by molar-refractivity contribution is 7.00. The molecule has 15 rings (SSSR count). The third-order valence-electron chi connectivity index (χ3n) is 20.0. The van der Waals surface area contributed by atoms with E-state index in [4.69, 9.17) is 23.2 Å². The van der Waals surface area contributed by atoms with Gasteiger partial charge in [-0.3, -0.25) is 0 Å². The van der Waals surface area contributed by atoms with Crippen molar-refractivity contribution in [2.24, 2.45) is 0 Å². The van der Waals surface area contributed by atoms with Gasteiger partial charge in [0.1, 0.15) is 0 Å². The highest BCUT2D eigenvalue weighted by Crippen LogP contribution is 2.55. The lowest BCUT2D eigenvalue weighted by Crippen LogP contribution is -2.61. The molecule has 2 heterocycles. The van der Waals surface area contributed by atoms with Gasteiger partial charge in [0.15, 0.2) is 0 Å². The van der Waals surface area contributed by atoms with Crippen LogP contribution >= 0.6 is 23.2 Å². The lowest BCUT2D eigenvalue weighted by molar-refractivity contribution is 0.590. The minimum absolute atomic E-state index is 0.210. The van der Waals surface area contributed by atoms with Gasteiger partial charge in [-0.05, 0) is 184 Å². The van der Waals surface area contributed by atoms with E-state index in [2.05, 4.69) is 349 Å². The zero-order valence-corrected chi connectivity index (χ0v) is 58.0. The second kappa shape index (κ2) is 26.3. The van der Waals surface area contributed by atoms with Gasteiger partial charge in [0.2, 0.25) is 0 Å². The molecule has 0 unspecified atom stereocenters. The summed E-state index contributed by atoms with van der Waals surface area (Å²) in [6.07, 6.45) is 5.41. The summed E-state index contributed by atoms with van der Waals surface area (Å²) in [5.41, 5.74) is 32.0. The summed E-state index contributed by atoms with van der Waals surface area (Å²) in [6.45, 7) is 16.2. The molecule has 0 bridgehead atoms. The molecule has 0 saturated carbocycles. The monoisotopic (exact) mass is 1290 g/mol. The van der Waals surface area contributed by atoms with Crippen LogP contribution in [0.1, 0.15) is 90.8 Å². The van der Waals surface area contributed by atoms with Crippen LogP contribution in [0.5, 0.6) is 0 Å². The summed E-state index contributed by atoms with van der Waals surface area (Å²) in [4.78, 5) is 5.27. The van der Waals surface area contributed by atoms with Crippen LogP contribution in [-0.4, -0.2) is 6.71 Å². The van der Waals surface area contributed by atoms with Gasteiger partial charge in [-0.15, -0.1) is 0 Å². The van der Waals surface area contributed by atoms with Gasteiger partial charge in [-0.25, -0.2) is 0 Å². The Labute approximate surface area is 584 Å². The molecule has 13 aromatic carbocycles. The molecule has 5 heteroatoms. The Morgan fingerprint density at radius 1 is 0.299 bits per heavy atom. The average Bonchev–Trinajstić information content (AvgIpc) is 0.700. The molecule has 97 heavy (non-hydrogen) atoms. The fourth-order valence-electron chi connectivity index (χ4n) is 14.8. The quantitative estimate of drug-likeness (QED) is 0.0746. The standard InChI is InChI=1S/C92H79BCl2N2/c1-8-9-10-15-24-61-53-86-88-87(54-61)97(90-80(72-45-37-68(38-46-72)64-29-20-13-21-30-64)57-75(92(5,6)7)58-81(90)73-47-39-69(40-48-73)65-31-22-14-23-32-65)85-60-77(95)50-52-83(85)93(88)82-51-49-76(94)59-84(82)96(86)89-78(70-41-33-66(34-42-70)62-25-16-11-17-26-62)55-74(91(2,3)4)56-79(89)71-43-35-67(36-44-71)63-27-18-12-19-28-63/h11-14,16-23,25-60H,8-10,15,24H2,1-7H3. The van der Waals surface area contributed by atoms with Crippen molar-refractivity contribution in [1.29, 1.82) is 0 Å². The minimum atomic E-state index is -0.213. The number of nitrogens with zero attached hydrogens (tertiary/aromatic N) is 2. The van der Waals surface area contributed by atoms with Crippen molar-refractivity contribution in [3.63, 3.8) is 0 Å². The van der Waals surface area contributed by atoms with E-state index in [1.165, 1.54) is 84.0 Å². The van der Waals surface area contributed by atoms with Crippen LogP contribution in [0.2, 0.25) is 10.0 Å². The number of halogens is 2. The molecule has 0 saturated heterocycles. The highest BCUT2D eigenvalue weighted by atomic mass is 35.5. The number of hydrogen-bond donors (Lipinski definition) is 0. The second-order valence-corrected chi connectivity index (χ2v) is 29.4. The van der Waals surface area contributed by atoms with Gasteiger partial charge < -0.3 is 9.80 Å². The molecule has 2 aliphatic heterocycles. The Morgan fingerprint density at radius 2 is 0.588 bits per heavy atom. The number of rotatable bonds is 15. The smallest absolute Gasteiger partial charge is 0.252 e. The molecule has 0 fully saturated rings. The van der Waals surface area contributed by atoms with Crippen LogP contribution in [0, 0.1) is 0 Å². The first-order valence-corrected chi connectivity index (χ1v) is 35.3. The van der Waals surface area contributed by atoms with Gasteiger partial charge in [0, 0.05) is 55.0 Å². The Balaban J connectivity index is 1.06. The minimum Gasteiger partial charge on any atom is -0.310 e. The van der Waals surface area contributed by atoms with Crippen LogP contribution in [-0.2, 0) is 17.3 Å². The summed E-state index contributed by atoms with van der Waals surface area (Å²) in [6, 6.07) is 108. The first kappa shape index (κ1) is 63.2. The van der Waals surface area contributed by atoms with Crippen molar-refractivity contribution >= 4 is 80.4 Å². The molecule has 2 nitrogen and oxygen atoms in total. The Bertz CT molecular complexity index is 4500. The molecular formula is C92H79BCl2N2. The molecule has 2 aliphatic rings. The maximum Gasteiger partial charge on any atom is 0.252 e. The maximum atomic E-state index is 7.53. The number of aryl methyl sites for hydroxylation is 1. The number of hydrogen-bond acceptors (Lipinski definition) is 2. The van der Waals surface area contributed by atoms with Crippen LogP contribution in [0.4, 0.5) is 34.1 Å². The summed E-state index contributed by atoms with van der Waals surface area (Å²) in [7, 11) is 0. The molecule has 0 radical (unpaired) electrons. The number of anilines is 6. The van der Waals surface area contributed by atoms with Crippen molar-refractivity contribution in [3.05, 3.63) is 318 Å². The largest absolute Gasteiger partial charge is 0.310 e. The fourth-order valence-corrected chi connectivity index (χ4v) is 15.1. The Kier molecular flexibility index (Phi) is 17.1. The van der Waals surface area contributed by atoms with E-state index in [0.29, 0.717) is 10.0 Å². The van der Waals surface area contributed by atoms with E-state index >= 15 is 0 Å². The zero-order valence-electron chi connectivity index (χ0n) is 56.5. The lowest BCUT2D eigenvalue weighted by atomic mass is 9.33. The van der Waals surface area contributed by atoms with E-state index in [1.54, 1.807) is 0 Å². The van der Waals surface area contributed by atoms with E-state index in [0.717, 1.165) is 104 Å². The average molecular weight is 1290 g/mol. The molecule has 0 spiro atoms. The highest BCUT2D eigenvalue weighted by Gasteiger charge is 2.46. The van der Waals surface area contributed by atoms with Crippen LogP contribution in [0.25, 0.3) is 89.0 Å². The molecular weight excluding hydrogens is 1210 g/mol. The van der Waals surface area contributed by atoms with Crippen molar-refractivity contribution in [3.8, 4) is 89.0 Å². The first-order valence-electron chi connectivity index (χ1n) is 34.5. The van der Waals surface area contributed by atoms with Crippen LogP contribution in [0.15, 0.2) is 291 Å². The molecule has 0 N–H and O–H groups in total. The van der Waals surface area contributed by atoms with E-state index in [9.17, 15) is 0 Å². The van der Waals surface area contributed by atoms with Gasteiger partial charge in [0.05, 0.1) is 11.4 Å². The summed E-state index contributed by atoms with van der Waals surface area (Å²) in [5.74, 6) is 0. The molecule has 0 atom stereocenters. The Hall–Kier alpha value is -9.90. The fraction of sp³-hybridized carbons (Fsp3) is 0.152. The van der Waals surface area contributed by atoms with E-state index in [1.807, 2.05) is 0 Å². The predicted molar refractivity (Wildman–Crippen MR) is 419 cm³/mol. The summed E-state index contributed by atoms with van der Waals surface area (Å²) >= 11 is 15.1. The van der Waals surface area contributed by atoms with E-state index in [-0.39, 0.29) is 17.5 Å². The Morgan fingerprint density at radius 3 is 0.876 bits per heavy atom. The third kappa shape index (κ3) is 12.3. The lowest BCUT2D eigenvalue weighted by Gasteiger charge is -2.46. The molecule has 0 aromatic heterocycles. The zero-order chi connectivity index (χ0) is 66.5. The van der Waals surface area contributed by atoms with Gasteiger partial charge >= 0.3 is 0 Å². The topological polar surface area (TPSA) is 6.48 Å². The summed E-state index contributed by atoms with van der Waals surface area (Å²) < 4.78 is 0. The number of unbranched alkanes of at least 4 members (excludes halogenated alkanes) is 3. The molecule has 0 aliphatic carbocycles. The number of fused-ring (bicyclic) bond motifs is 4. The van der Waals surface area contributed by atoms with Crippen molar-refractivity contribution in [2.45, 2.75) is 91.4 Å². The normalized spacial score (nSPS) is 12.5. The van der Waals surface area contributed by atoms with Gasteiger partial charge in [-0.1, -0.05) is 321 Å². The molecule has 13 aromatic rings. The van der Waals surface area contributed by atoms with Gasteiger partial charge in [-0.2, -0.15) is 0 Å². The first-order chi connectivity index (χ1) is 47.1. The number of benzene rings is 13. The van der Waals surface area contributed by atoms with Crippen molar-refractivity contribution in [1.82, 2.24) is 0 Å². The molecule has 474 valence electrons. The van der Waals surface area contributed by atoms with Crippen molar-refractivity contribution in [2.75, 3.05) is 9.80 Å². The predicted octanol–water partition coefficient (Wildman–Crippen LogP) is 25.1. The van der Waals surface area contributed by atoms with E-state index < -0.39 is 0 Å². The van der Waals surface area contributed by atoms with Crippen LogP contribution in [0.3, 0.4) is 0 Å². The maximum absolute atomic E-state index is 7.53.